The van der Waals surface area contributed by atoms with E-state index in [1.54, 1.807) is 12.1 Å². The van der Waals surface area contributed by atoms with Crippen molar-refractivity contribution < 1.29 is 13.2 Å². The van der Waals surface area contributed by atoms with E-state index in [-0.39, 0.29) is 5.69 Å². The topological polar surface area (TPSA) is 24.9 Å². The molecule has 2 nitrogen and oxygen atoms in total. The number of pyridine rings is 1. The number of anilines is 2. The minimum Gasteiger partial charge on any atom is -0.340 e. The van der Waals surface area contributed by atoms with Crippen molar-refractivity contribution in [1.82, 2.24) is 4.98 Å². The Bertz CT molecular complexity index is 538. The zero-order chi connectivity index (χ0) is 13.2. The second-order valence-corrected chi connectivity index (χ2v) is 4.45. The van der Waals surface area contributed by atoms with Crippen molar-refractivity contribution in [3.05, 3.63) is 52.6 Å². The molecule has 0 aliphatic rings. The van der Waals surface area contributed by atoms with Crippen LogP contribution in [0.15, 0.2) is 47.1 Å². The summed E-state index contributed by atoms with van der Waals surface area (Å²) in [6, 6.07) is 8.58. The van der Waals surface area contributed by atoms with Crippen molar-refractivity contribution in [2.24, 2.45) is 0 Å². The molecule has 1 aromatic heterocycles. The molecule has 0 spiro atoms. The maximum absolute atomic E-state index is 12.7. The van der Waals surface area contributed by atoms with Crippen molar-refractivity contribution in [2.45, 2.75) is 6.18 Å². The van der Waals surface area contributed by atoms with Crippen LogP contribution in [0.3, 0.4) is 0 Å². The van der Waals surface area contributed by atoms with E-state index in [0.29, 0.717) is 5.82 Å². The summed E-state index contributed by atoms with van der Waals surface area (Å²) in [4.78, 5) is 3.97. The molecule has 0 atom stereocenters. The fraction of sp³-hybridized carbons (Fsp3) is 0.0833. The van der Waals surface area contributed by atoms with E-state index in [2.05, 4.69) is 26.2 Å². The summed E-state index contributed by atoms with van der Waals surface area (Å²) >= 11 is 3.21. The van der Waals surface area contributed by atoms with Crippen LogP contribution in [0.1, 0.15) is 5.56 Å². The monoisotopic (exact) mass is 316 g/mol. The van der Waals surface area contributed by atoms with E-state index in [1.807, 2.05) is 0 Å². The number of hydrogen-bond donors (Lipinski definition) is 1. The van der Waals surface area contributed by atoms with Gasteiger partial charge in [0.2, 0.25) is 0 Å². The van der Waals surface area contributed by atoms with Gasteiger partial charge in [0.25, 0.3) is 0 Å². The van der Waals surface area contributed by atoms with Gasteiger partial charge in [-0.25, -0.2) is 4.98 Å². The lowest BCUT2D eigenvalue weighted by molar-refractivity contribution is -0.136. The molecule has 6 heteroatoms. The van der Waals surface area contributed by atoms with Gasteiger partial charge in [-0.15, -0.1) is 0 Å². The largest absolute Gasteiger partial charge is 0.418 e. The number of hydrogen-bond acceptors (Lipinski definition) is 2. The fourth-order valence-corrected chi connectivity index (χ4v) is 1.66. The van der Waals surface area contributed by atoms with Crippen molar-refractivity contribution in [2.75, 3.05) is 5.32 Å². The number of nitrogens with one attached hydrogen (secondary N) is 1. The van der Waals surface area contributed by atoms with Crippen molar-refractivity contribution in [3.8, 4) is 0 Å². The second-order valence-electron chi connectivity index (χ2n) is 3.53. The smallest absolute Gasteiger partial charge is 0.340 e. The van der Waals surface area contributed by atoms with E-state index >= 15 is 0 Å². The van der Waals surface area contributed by atoms with E-state index in [4.69, 9.17) is 0 Å². The van der Waals surface area contributed by atoms with E-state index in [1.165, 1.54) is 24.4 Å². The Labute approximate surface area is 110 Å². The first-order valence-corrected chi connectivity index (χ1v) is 5.81. The minimum atomic E-state index is -4.39. The summed E-state index contributed by atoms with van der Waals surface area (Å²) in [6.45, 7) is 0. The van der Waals surface area contributed by atoms with Gasteiger partial charge in [-0.2, -0.15) is 13.2 Å². The third-order valence-corrected chi connectivity index (χ3v) is 2.69. The molecule has 1 heterocycles. The Morgan fingerprint density at radius 1 is 1.06 bits per heavy atom. The van der Waals surface area contributed by atoms with Gasteiger partial charge in [-0.1, -0.05) is 12.1 Å². The highest BCUT2D eigenvalue weighted by molar-refractivity contribution is 9.10. The molecule has 1 N–H and O–H groups in total. The normalized spacial score (nSPS) is 11.3. The SMILES string of the molecule is FC(F)(F)c1ccccc1Nc1ccc(Br)cn1. The first kappa shape index (κ1) is 12.9. The maximum Gasteiger partial charge on any atom is 0.418 e. The second kappa shape index (κ2) is 4.97. The Morgan fingerprint density at radius 2 is 1.78 bits per heavy atom. The molecule has 0 aliphatic heterocycles. The summed E-state index contributed by atoms with van der Waals surface area (Å²) in [6.07, 6.45) is -2.88. The van der Waals surface area contributed by atoms with Crippen LogP contribution in [0.4, 0.5) is 24.7 Å². The zero-order valence-electron chi connectivity index (χ0n) is 9.00. The number of alkyl halides is 3. The molecule has 18 heavy (non-hydrogen) atoms. The van der Waals surface area contributed by atoms with E-state index in [9.17, 15) is 13.2 Å². The predicted octanol–water partition coefficient (Wildman–Crippen LogP) is 4.61. The molecule has 2 rings (SSSR count). The van der Waals surface area contributed by atoms with Crippen molar-refractivity contribution in [1.29, 1.82) is 0 Å². The molecule has 0 amide bonds. The Hall–Kier alpha value is -1.56. The number of nitrogens with zero attached hydrogens (tertiary/aromatic N) is 1. The van der Waals surface area contributed by atoms with Crippen LogP contribution in [0.2, 0.25) is 0 Å². The predicted molar refractivity (Wildman–Crippen MR) is 66.7 cm³/mol. The van der Waals surface area contributed by atoms with Gasteiger partial charge < -0.3 is 5.32 Å². The van der Waals surface area contributed by atoms with E-state index < -0.39 is 11.7 Å². The zero-order valence-corrected chi connectivity index (χ0v) is 10.6. The highest BCUT2D eigenvalue weighted by Crippen LogP contribution is 2.35. The molecule has 0 bridgehead atoms. The molecule has 0 aliphatic carbocycles. The molecule has 0 unspecified atom stereocenters. The summed E-state index contributed by atoms with van der Waals surface area (Å²) in [7, 11) is 0. The van der Waals surface area contributed by atoms with Crippen LogP contribution < -0.4 is 5.32 Å². The third kappa shape index (κ3) is 3.01. The molecule has 0 radical (unpaired) electrons. The standard InChI is InChI=1S/C12H8BrF3N2/c13-8-5-6-11(17-7-8)18-10-4-2-1-3-9(10)12(14,15)16/h1-7H,(H,17,18). The lowest BCUT2D eigenvalue weighted by atomic mass is 10.1. The van der Waals surface area contributed by atoms with Crippen LogP contribution in [-0.2, 0) is 6.18 Å². The molecule has 2 aromatic rings. The summed E-state index contributed by atoms with van der Waals surface area (Å²) in [5, 5.41) is 2.65. The van der Waals surface area contributed by atoms with Crippen molar-refractivity contribution in [3.63, 3.8) is 0 Å². The van der Waals surface area contributed by atoms with Gasteiger partial charge in [0.1, 0.15) is 5.82 Å². The third-order valence-electron chi connectivity index (χ3n) is 2.22. The minimum absolute atomic E-state index is 0.0141. The molecular formula is C12H8BrF3N2. The van der Waals surface area contributed by atoms with Crippen molar-refractivity contribution >= 4 is 27.4 Å². The Kier molecular flexibility index (Phi) is 3.56. The quantitative estimate of drug-likeness (QED) is 0.875. The first-order valence-electron chi connectivity index (χ1n) is 5.01. The van der Waals surface area contributed by atoms with Crippen LogP contribution >= 0.6 is 15.9 Å². The summed E-state index contributed by atoms with van der Waals surface area (Å²) in [5.41, 5.74) is -0.727. The summed E-state index contributed by atoms with van der Waals surface area (Å²) in [5.74, 6) is 0.356. The molecule has 94 valence electrons. The molecular weight excluding hydrogens is 309 g/mol. The van der Waals surface area contributed by atoms with Gasteiger partial charge in [0, 0.05) is 10.7 Å². The average Bonchev–Trinajstić information content (AvgIpc) is 2.31. The number of halogens is 4. The number of para-hydroxylation sites is 1. The highest BCUT2D eigenvalue weighted by Gasteiger charge is 2.33. The van der Waals surface area contributed by atoms with Crippen LogP contribution in [-0.4, -0.2) is 4.98 Å². The van der Waals surface area contributed by atoms with E-state index in [0.717, 1.165) is 10.5 Å². The average molecular weight is 317 g/mol. The Morgan fingerprint density at radius 3 is 2.39 bits per heavy atom. The lowest BCUT2D eigenvalue weighted by Crippen LogP contribution is -2.08. The fourth-order valence-electron chi connectivity index (χ4n) is 1.43. The summed E-state index contributed by atoms with van der Waals surface area (Å²) < 4.78 is 39.0. The van der Waals surface area contributed by atoms with Gasteiger partial charge in [0.15, 0.2) is 0 Å². The van der Waals surface area contributed by atoms with Gasteiger partial charge in [-0.05, 0) is 40.2 Å². The lowest BCUT2D eigenvalue weighted by Gasteiger charge is -2.13. The number of rotatable bonds is 2. The molecule has 0 fully saturated rings. The number of benzene rings is 1. The molecule has 0 saturated carbocycles. The van der Waals surface area contributed by atoms with Crippen LogP contribution in [0.5, 0.6) is 0 Å². The first-order chi connectivity index (χ1) is 8.47. The van der Waals surface area contributed by atoms with Crippen LogP contribution in [0, 0.1) is 0 Å². The van der Waals surface area contributed by atoms with Crippen LogP contribution in [0.25, 0.3) is 0 Å². The highest BCUT2D eigenvalue weighted by atomic mass is 79.9. The van der Waals surface area contributed by atoms with Gasteiger partial charge in [0.05, 0.1) is 11.3 Å². The van der Waals surface area contributed by atoms with Gasteiger partial charge >= 0.3 is 6.18 Å². The van der Waals surface area contributed by atoms with Gasteiger partial charge in [-0.3, -0.25) is 0 Å². The Balaban J connectivity index is 2.32. The maximum atomic E-state index is 12.7. The number of aromatic nitrogens is 1. The molecule has 0 saturated heterocycles. The molecule has 1 aromatic carbocycles.